The van der Waals surface area contributed by atoms with Gasteiger partial charge in [0.2, 0.25) is 5.88 Å². The Kier molecular flexibility index (Phi) is 6.69. The smallest absolute Gasteiger partial charge is 0.475 e. The first-order valence-corrected chi connectivity index (χ1v) is 9.74. The van der Waals surface area contributed by atoms with Gasteiger partial charge in [-0.2, -0.15) is 13.2 Å². The number of carboxylic acids is 1. The first-order valence-electron chi connectivity index (χ1n) is 9.74. The summed E-state index contributed by atoms with van der Waals surface area (Å²) in [7, 11) is 0. The molecule has 3 aliphatic heterocycles. The van der Waals surface area contributed by atoms with E-state index in [1.165, 1.54) is 0 Å². The minimum atomic E-state index is -5.08. The first kappa shape index (κ1) is 22.1. The van der Waals surface area contributed by atoms with Crippen molar-refractivity contribution in [1.29, 1.82) is 0 Å². The molecule has 0 aromatic carbocycles. The molecule has 4 heterocycles. The number of ether oxygens (including phenoxy) is 2. The van der Waals surface area contributed by atoms with Gasteiger partial charge < -0.3 is 24.4 Å². The number of hydrogen-bond donors (Lipinski definition) is 1. The summed E-state index contributed by atoms with van der Waals surface area (Å²) in [6.45, 7) is 3.83. The normalized spacial score (nSPS) is 25.9. The van der Waals surface area contributed by atoms with Gasteiger partial charge in [-0.3, -0.25) is 0 Å². The van der Waals surface area contributed by atoms with Crippen molar-refractivity contribution in [2.45, 2.75) is 43.6 Å². The molecule has 3 saturated heterocycles. The van der Waals surface area contributed by atoms with Crippen LogP contribution in [0, 0.1) is 0 Å². The molecule has 30 heavy (non-hydrogen) atoms. The van der Waals surface area contributed by atoms with Crippen LogP contribution in [-0.4, -0.2) is 82.6 Å². The van der Waals surface area contributed by atoms with Crippen LogP contribution in [0.1, 0.15) is 25.7 Å². The maximum absolute atomic E-state index is 12.5. The van der Waals surface area contributed by atoms with Gasteiger partial charge >= 0.3 is 18.2 Å². The third-order valence-electron chi connectivity index (χ3n) is 5.31. The van der Waals surface area contributed by atoms with Crippen LogP contribution in [0.15, 0.2) is 24.4 Å². The Hall–Kier alpha value is -2.56. The number of rotatable bonds is 2. The number of hydrogen-bond acceptors (Lipinski definition) is 5. The number of carbonyl (C=O) groups excluding carboxylic acids is 1. The van der Waals surface area contributed by atoms with Gasteiger partial charge in [-0.05, 0) is 25.3 Å². The van der Waals surface area contributed by atoms with E-state index in [2.05, 4.69) is 4.98 Å². The van der Waals surface area contributed by atoms with Gasteiger partial charge in [-0.15, -0.1) is 0 Å². The number of aliphatic carboxylic acids is 1. The number of nitrogens with zero attached hydrogens (tertiary/aromatic N) is 3. The number of likely N-dealkylation sites (tertiary alicyclic amines) is 2. The topological polar surface area (TPSA) is 92.2 Å². The standard InChI is InChI=1S/C17H23N3O3.C2HF3O2/c21-16(19-8-3-4-9-19)20-10-6-17(13-20)11-14(12-22-17)23-15-5-1-2-7-18-15;3-2(4,5)1(6)7/h1-2,5,7,14H,3-4,6,8-13H2;(H,6,7)/t14-,17-;/m0./s1. The first-order chi connectivity index (χ1) is 14.2. The number of amides is 2. The Morgan fingerprint density at radius 1 is 1.20 bits per heavy atom. The molecule has 8 nitrogen and oxygen atoms in total. The molecule has 166 valence electrons. The van der Waals surface area contributed by atoms with Crippen molar-refractivity contribution < 1.29 is 37.3 Å². The molecule has 3 aliphatic rings. The summed E-state index contributed by atoms with van der Waals surface area (Å²) < 4.78 is 43.7. The van der Waals surface area contributed by atoms with Crippen molar-refractivity contribution in [2.24, 2.45) is 0 Å². The van der Waals surface area contributed by atoms with E-state index in [9.17, 15) is 18.0 Å². The molecule has 2 atom stereocenters. The zero-order chi connectivity index (χ0) is 21.8. The Morgan fingerprint density at radius 3 is 2.50 bits per heavy atom. The fraction of sp³-hybridized carbons (Fsp3) is 0.632. The fourth-order valence-corrected chi connectivity index (χ4v) is 3.87. The molecule has 0 radical (unpaired) electrons. The number of alkyl halides is 3. The van der Waals surface area contributed by atoms with E-state index in [-0.39, 0.29) is 17.7 Å². The van der Waals surface area contributed by atoms with Crippen LogP contribution in [0.5, 0.6) is 5.88 Å². The number of pyridine rings is 1. The average Bonchev–Trinajstić information content (AvgIpc) is 3.45. The summed E-state index contributed by atoms with van der Waals surface area (Å²) >= 11 is 0. The van der Waals surface area contributed by atoms with Crippen LogP contribution in [0.4, 0.5) is 18.0 Å². The predicted molar refractivity (Wildman–Crippen MR) is 98.0 cm³/mol. The molecule has 1 spiro atoms. The zero-order valence-electron chi connectivity index (χ0n) is 16.3. The molecular formula is C19H24F3N3O5. The van der Waals surface area contributed by atoms with Crippen LogP contribution in [0.25, 0.3) is 0 Å². The molecular weight excluding hydrogens is 407 g/mol. The molecule has 0 saturated carbocycles. The minimum Gasteiger partial charge on any atom is -0.475 e. The lowest BCUT2D eigenvalue weighted by Gasteiger charge is -2.26. The lowest BCUT2D eigenvalue weighted by Crippen LogP contribution is -2.43. The predicted octanol–water partition coefficient (Wildman–Crippen LogP) is 2.54. The van der Waals surface area contributed by atoms with E-state index in [1.807, 2.05) is 28.0 Å². The molecule has 11 heteroatoms. The summed E-state index contributed by atoms with van der Waals surface area (Å²) in [5.74, 6) is -2.12. The third-order valence-corrected chi connectivity index (χ3v) is 5.31. The van der Waals surface area contributed by atoms with Gasteiger partial charge in [0.15, 0.2) is 0 Å². The van der Waals surface area contributed by atoms with E-state index in [0.29, 0.717) is 19.0 Å². The summed E-state index contributed by atoms with van der Waals surface area (Å²) in [6, 6.07) is 5.83. The molecule has 1 aromatic heterocycles. The number of carboxylic acid groups (broad SMARTS) is 1. The number of urea groups is 1. The average molecular weight is 431 g/mol. The van der Waals surface area contributed by atoms with Crippen molar-refractivity contribution in [3.63, 3.8) is 0 Å². The van der Waals surface area contributed by atoms with Gasteiger partial charge in [-0.1, -0.05) is 6.07 Å². The molecule has 4 rings (SSSR count). The van der Waals surface area contributed by atoms with E-state index in [4.69, 9.17) is 19.4 Å². The molecule has 2 amide bonds. The quantitative estimate of drug-likeness (QED) is 0.774. The SMILES string of the molecule is O=C(N1CCCC1)N1CC[C@]2(C[C@H](Oc3ccccn3)CO2)C1.O=C(O)C(F)(F)F. The molecule has 1 aromatic rings. The lowest BCUT2D eigenvalue weighted by atomic mass is 9.98. The van der Waals surface area contributed by atoms with Crippen molar-refractivity contribution in [3.05, 3.63) is 24.4 Å². The summed E-state index contributed by atoms with van der Waals surface area (Å²) in [6.07, 6.45) is 0.643. The molecule has 0 unspecified atom stereocenters. The van der Waals surface area contributed by atoms with E-state index in [1.54, 1.807) is 6.20 Å². The second-order valence-corrected chi connectivity index (χ2v) is 7.56. The largest absolute Gasteiger partial charge is 0.490 e. The Labute approximate surface area is 171 Å². The van der Waals surface area contributed by atoms with Gasteiger partial charge in [0.25, 0.3) is 0 Å². The van der Waals surface area contributed by atoms with E-state index < -0.39 is 12.1 Å². The third kappa shape index (κ3) is 5.53. The van der Waals surface area contributed by atoms with Crippen molar-refractivity contribution >= 4 is 12.0 Å². The molecule has 0 aliphatic carbocycles. The van der Waals surface area contributed by atoms with Crippen LogP contribution < -0.4 is 4.74 Å². The second-order valence-electron chi connectivity index (χ2n) is 7.56. The molecule has 0 bridgehead atoms. The maximum Gasteiger partial charge on any atom is 0.490 e. The highest BCUT2D eigenvalue weighted by molar-refractivity contribution is 5.75. The van der Waals surface area contributed by atoms with Gasteiger partial charge in [0, 0.05) is 38.3 Å². The highest BCUT2D eigenvalue weighted by Crippen LogP contribution is 2.37. The summed E-state index contributed by atoms with van der Waals surface area (Å²) in [5.41, 5.74) is -0.227. The lowest BCUT2D eigenvalue weighted by molar-refractivity contribution is -0.192. The minimum absolute atomic E-state index is 0.0201. The van der Waals surface area contributed by atoms with Crippen molar-refractivity contribution in [3.8, 4) is 5.88 Å². The number of carbonyl (C=O) groups is 2. The van der Waals surface area contributed by atoms with Crippen molar-refractivity contribution in [2.75, 3.05) is 32.8 Å². The van der Waals surface area contributed by atoms with Gasteiger partial charge in [0.1, 0.15) is 6.10 Å². The maximum atomic E-state index is 12.5. The highest BCUT2D eigenvalue weighted by Gasteiger charge is 2.48. The van der Waals surface area contributed by atoms with Crippen LogP contribution >= 0.6 is 0 Å². The van der Waals surface area contributed by atoms with Crippen LogP contribution in [0.2, 0.25) is 0 Å². The van der Waals surface area contributed by atoms with Crippen molar-refractivity contribution in [1.82, 2.24) is 14.8 Å². The number of aromatic nitrogens is 1. The highest BCUT2D eigenvalue weighted by atomic mass is 19.4. The monoisotopic (exact) mass is 431 g/mol. The summed E-state index contributed by atoms with van der Waals surface area (Å²) in [5, 5.41) is 7.12. The second kappa shape index (κ2) is 9.07. The number of halogens is 3. The van der Waals surface area contributed by atoms with Crippen LogP contribution in [0.3, 0.4) is 0 Å². The fourth-order valence-electron chi connectivity index (χ4n) is 3.87. The summed E-state index contributed by atoms with van der Waals surface area (Å²) in [4.78, 5) is 29.5. The Balaban J connectivity index is 0.000000318. The van der Waals surface area contributed by atoms with Gasteiger partial charge in [0.05, 0.1) is 18.8 Å². The van der Waals surface area contributed by atoms with Crippen LogP contribution in [-0.2, 0) is 9.53 Å². The van der Waals surface area contributed by atoms with E-state index in [0.717, 1.165) is 45.3 Å². The zero-order valence-corrected chi connectivity index (χ0v) is 16.3. The molecule has 3 fully saturated rings. The van der Waals surface area contributed by atoms with Gasteiger partial charge in [-0.25, -0.2) is 14.6 Å². The Bertz CT molecular complexity index is 743. The molecule has 1 N–H and O–H groups in total. The Morgan fingerprint density at radius 2 is 1.90 bits per heavy atom. The van der Waals surface area contributed by atoms with E-state index >= 15 is 0 Å².